The first-order valence-corrected chi connectivity index (χ1v) is 6.82. The van der Waals surface area contributed by atoms with Gasteiger partial charge in [-0.3, -0.25) is 0 Å². The Hall–Kier alpha value is 0.270. The largest absolute Gasteiger partial charge is 0.311 e. The molecule has 0 radical (unpaired) electrons. The summed E-state index contributed by atoms with van der Waals surface area (Å²) in [4.78, 5) is 2.26. The van der Waals surface area contributed by atoms with Crippen molar-refractivity contribution in [2.45, 2.75) is 38.3 Å². The van der Waals surface area contributed by atoms with E-state index in [1.807, 2.05) is 0 Å². The lowest BCUT2D eigenvalue weighted by molar-refractivity contribution is 0.342. The van der Waals surface area contributed by atoms with Gasteiger partial charge < -0.3 is 10.2 Å². The smallest absolute Gasteiger partial charge is 0.00852 e. The number of rotatable bonds is 5. The zero-order valence-electron chi connectivity index (χ0n) is 9.75. The average molecular weight is 216 g/mol. The van der Waals surface area contributed by atoms with Gasteiger partial charge >= 0.3 is 0 Å². The van der Waals surface area contributed by atoms with E-state index in [1.54, 1.807) is 0 Å². The van der Waals surface area contributed by atoms with Gasteiger partial charge in [0.25, 0.3) is 0 Å². The third-order valence-corrected chi connectivity index (χ3v) is 3.80. The van der Waals surface area contributed by atoms with Crippen LogP contribution in [-0.2, 0) is 0 Å². The third-order valence-electron chi connectivity index (χ3n) is 2.75. The summed E-state index contributed by atoms with van der Waals surface area (Å²) in [5.74, 6) is 2.69. The van der Waals surface area contributed by atoms with Crippen molar-refractivity contribution in [3.8, 4) is 0 Å². The van der Waals surface area contributed by atoms with Crippen molar-refractivity contribution in [2.75, 3.05) is 32.1 Å². The minimum absolute atomic E-state index is 0.672. The molecule has 0 aromatic rings. The molecule has 1 unspecified atom stereocenters. The van der Waals surface area contributed by atoms with E-state index >= 15 is 0 Å². The Bertz CT molecular complexity index is 144. The summed E-state index contributed by atoms with van der Waals surface area (Å²) in [6, 6.07) is 1.46. The van der Waals surface area contributed by atoms with Crippen LogP contribution in [0.4, 0.5) is 0 Å². The highest BCUT2D eigenvalue weighted by Crippen LogP contribution is 2.17. The summed E-state index contributed by atoms with van der Waals surface area (Å²) in [5, 5.41) is 3.73. The molecule has 0 spiro atoms. The molecule has 0 aliphatic carbocycles. The first-order chi connectivity index (χ1) is 6.68. The van der Waals surface area contributed by atoms with Gasteiger partial charge in [0.15, 0.2) is 0 Å². The Labute approximate surface area is 92.8 Å². The lowest BCUT2D eigenvalue weighted by Crippen LogP contribution is -2.40. The van der Waals surface area contributed by atoms with Gasteiger partial charge in [0.05, 0.1) is 0 Å². The molecule has 1 saturated heterocycles. The fourth-order valence-corrected chi connectivity index (χ4v) is 2.91. The molecule has 1 N–H and O–H groups in total. The monoisotopic (exact) mass is 216 g/mol. The van der Waals surface area contributed by atoms with Crippen LogP contribution in [0.25, 0.3) is 0 Å². The number of hydrogen-bond donors (Lipinski definition) is 1. The summed E-state index contributed by atoms with van der Waals surface area (Å²) >= 11 is 2.10. The van der Waals surface area contributed by atoms with E-state index < -0.39 is 0 Å². The molecule has 0 aromatic heterocycles. The molecule has 1 aliphatic rings. The highest BCUT2D eigenvalue weighted by atomic mass is 32.2. The minimum Gasteiger partial charge on any atom is -0.311 e. The van der Waals surface area contributed by atoms with Crippen molar-refractivity contribution < 1.29 is 0 Å². The zero-order valence-corrected chi connectivity index (χ0v) is 10.6. The Morgan fingerprint density at radius 1 is 1.36 bits per heavy atom. The van der Waals surface area contributed by atoms with E-state index in [0.29, 0.717) is 6.04 Å². The first kappa shape index (κ1) is 12.3. The number of nitrogens with one attached hydrogen (secondary N) is 1. The summed E-state index contributed by atoms with van der Waals surface area (Å²) in [7, 11) is 4.29. The number of thioether (sulfide) groups is 1. The lowest BCUT2D eigenvalue weighted by Gasteiger charge is -2.27. The van der Waals surface area contributed by atoms with Crippen LogP contribution in [0.15, 0.2) is 0 Å². The van der Waals surface area contributed by atoms with Gasteiger partial charge in [-0.25, -0.2) is 0 Å². The molecule has 0 bridgehead atoms. The first-order valence-electron chi connectivity index (χ1n) is 5.67. The fraction of sp³-hybridized carbons (Fsp3) is 1.00. The predicted octanol–water partition coefficient (Wildman–Crippen LogP) is 1.81. The van der Waals surface area contributed by atoms with Gasteiger partial charge in [0.1, 0.15) is 0 Å². The standard InChI is InChI=1S/C11H24N2S/c1-10(4-7-13(2)3)12-11-5-8-14-9-6-11/h10-12H,4-9H2,1-3H3. The molecule has 2 nitrogen and oxygen atoms in total. The quantitative estimate of drug-likeness (QED) is 0.754. The highest BCUT2D eigenvalue weighted by Gasteiger charge is 2.15. The van der Waals surface area contributed by atoms with Gasteiger partial charge in [0.2, 0.25) is 0 Å². The predicted molar refractivity (Wildman–Crippen MR) is 66.1 cm³/mol. The van der Waals surface area contributed by atoms with Crippen molar-refractivity contribution in [3.05, 3.63) is 0 Å². The van der Waals surface area contributed by atoms with Crippen LogP contribution in [0.1, 0.15) is 26.2 Å². The van der Waals surface area contributed by atoms with E-state index in [9.17, 15) is 0 Å². The van der Waals surface area contributed by atoms with E-state index in [-0.39, 0.29) is 0 Å². The van der Waals surface area contributed by atoms with Gasteiger partial charge in [-0.05, 0) is 58.3 Å². The molecule has 1 fully saturated rings. The molecule has 0 saturated carbocycles. The topological polar surface area (TPSA) is 15.3 Å². The maximum atomic E-state index is 3.73. The van der Waals surface area contributed by atoms with E-state index in [2.05, 4.69) is 43.0 Å². The number of nitrogens with zero attached hydrogens (tertiary/aromatic N) is 1. The molecule has 3 heteroatoms. The maximum Gasteiger partial charge on any atom is 0.00852 e. The maximum absolute atomic E-state index is 3.73. The van der Waals surface area contributed by atoms with E-state index in [4.69, 9.17) is 0 Å². The van der Waals surface area contributed by atoms with Crippen molar-refractivity contribution in [1.29, 1.82) is 0 Å². The SMILES string of the molecule is CC(CCN(C)C)NC1CCSCC1. The molecule has 1 aliphatic heterocycles. The van der Waals surface area contributed by atoms with Crippen molar-refractivity contribution in [2.24, 2.45) is 0 Å². The second-order valence-corrected chi connectivity index (χ2v) is 5.77. The molecule has 1 heterocycles. The molecule has 1 atom stereocenters. The van der Waals surface area contributed by atoms with Crippen molar-refractivity contribution in [1.82, 2.24) is 10.2 Å². The lowest BCUT2D eigenvalue weighted by atomic mass is 10.1. The summed E-state index contributed by atoms with van der Waals surface area (Å²) in [6.45, 7) is 3.50. The van der Waals surface area contributed by atoms with Gasteiger partial charge in [-0.15, -0.1) is 0 Å². The average Bonchev–Trinajstić information content (AvgIpc) is 2.16. The second-order valence-electron chi connectivity index (χ2n) is 4.55. The highest BCUT2D eigenvalue weighted by molar-refractivity contribution is 7.99. The molecular weight excluding hydrogens is 192 g/mol. The van der Waals surface area contributed by atoms with Crippen molar-refractivity contribution in [3.63, 3.8) is 0 Å². The second kappa shape index (κ2) is 6.70. The van der Waals surface area contributed by atoms with Crippen molar-refractivity contribution >= 4 is 11.8 Å². The normalized spacial score (nSPS) is 21.4. The van der Waals surface area contributed by atoms with Crippen LogP contribution in [0.3, 0.4) is 0 Å². The minimum atomic E-state index is 0.672. The Balaban J connectivity index is 2.09. The summed E-state index contributed by atoms with van der Waals surface area (Å²) in [5.41, 5.74) is 0. The molecule has 84 valence electrons. The Morgan fingerprint density at radius 2 is 2.00 bits per heavy atom. The van der Waals surface area contributed by atoms with Gasteiger partial charge in [0, 0.05) is 12.1 Å². The van der Waals surface area contributed by atoms with Crippen LogP contribution in [0, 0.1) is 0 Å². The molecule has 0 amide bonds. The van der Waals surface area contributed by atoms with Gasteiger partial charge in [-0.2, -0.15) is 11.8 Å². The third kappa shape index (κ3) is 5.23. The van der Waals surface area contributed by atoms with Gasteiger partial charge in [-0.1, -0.05) is 0 Å². The van der Waals surface area contributed by atoms with E-state index in [1.165, 1.54) is 37.3 Å². The van der Waals surface area contributed by atoms with E-state index in [0.717, 1.165) is 6.04 Å². The van der Waals surface area contributed by atoms with Crippen LogP contribution < -0.4 is 5.32 Å². The molecular formula is C11H24N2S. The molecule has 1 rings (SSSR count). The summed E-state index contributed by atoms with van der Waals surface area (Å²) in [6.07, 6.45) is 3.98. The Kier molecular flexibility index (Phi) is 5.90. The molecule has 14 heavy (non-hydrogen) atoms. The van der Waals surface area contributed by atoms with Crippen LogP contribution in [0.5, 0.6) is 0 Å². The Morgan fingerprint density at radius 3 is 2.57 bits per heavy atom. The summed E-state index contributed by atoms with van der Waals surface area (Å²) < 4.78 is 0. The van der Waals surface area contributed by atoms with Crippen LogP contribution in [-0.4, -0.2) is 49.1 Å². The fourth-order valence-electron chi connectivity index (χ4n) is 1.80. The zero-order chi connectivity index (χ0) is 10.4. The number of hydrogen-bond acceptors (Lipinski definition) is 3. The van der Waals surface area contributed by atoms with Crippen LogP contribution >= 0.6 is 11.8 Å². The van der Waals surface area contributed by atoms with Crippen LogP contribution in [0.2, 0.25) is 0 Å². The molecule has 0 aromatic carbocycles.